The van der Waals surface area contributed by atoms with Gasteiger partial charge in [-0.3, -0.25) is 9.69 Å². The van der Waals surface area contributed by atoms with E-state index in [2.05, 4.69) is 42.2 Å². The van der Waals surface area contributed by atoms with E-state index in [9.17, 15) is 14.9 Å². The molecule has 2 fully saturated rings. The maximum Gasteiger partial charge on any atom is 0.416 e. The van der Waals surface area contributed by atoms with Crippen LogP contribution >= 0.6 is 0 Å². The average molecular weight is 488 g/mol. The van der Waals surface area contributed by atoms with Gasteiger partial charge in [-0.05, 0) is 55.3 Å². The van der Waals surface area contributed by atoms with E-state index in [0.717, 1.165) is 50.9 Å². The molecule has 2 aliphatic heterocycles. The molecule has 2 aromatic rings. The minimum Gasteiger partial charge on any atom is -0.447 e. The van der Waals surface area contributed by atoms with Gasteiger partial charge in [-0.15, -0.1) is 0 Å². The maximum absolute atomic E-state index is 14.1. The third kappa shape index (κ3) is 5.96. The molecule has 2 amide bonds. The predicted octanol–water partition coefficient (Wildman–Crippen LogP) is 5.58. The Labute approximate surface area is 214 Å². The number of rotatable bonds is 10. The maximum atomic E-state index is 14.1. The summed E-state index contributed by atoms with van der Waals surface area (Å²) in [6.07, 6.45) is 4.47. The molecule has 4 rings (SSSR count). The van der Waals surface area contributed by atoms with Gasteiger partial charge >= 0.3 is 6.09 Å². The van der Waals surface area contributed by atoms with E-state index in [0.29, 0.717) is 19.3 Å². The molecule has 2 saturated heterocycles. The molecule has 2 aliphatic rings. The van der Waals surface area contributed by atoms with Crippen molar-refractivity contribution in [2.45, 2.75) is 64.5 Å². The molecule has 0 saturated carbocycles. The van der Waals surface area contributed by atoms with E-state index in [1.165, 1.54) is 10.5 Å². The number of hydrogen-bond acceptors (Lipinski definition) is 5. The molecule has 0 bridgehead atoms. The van der Waals surface area contributed by atoms with Crippen LogP contribution in [0, 0.1) is 22.7 Å². The summed E-state index contributed by atoms with van der Waals surface area (Å²) >= 11 is 0. The van der Waals surface area contributed by atoms with Gasteiger partial charge in [0.15, 0.2) is 0 Å². The lowest BCUT2D eigenvalue weighted by Crippen LogP contribution is -2.52. The molecular weight excluding hydrogens is 450 g/mol. The van der Waals surface area contributed by atoms with Crippen LogP contribution < -0.4 is 0 Å². The number of cyclic esters (lactones) is 1. The lowest BCUT2D eigenvalue weighted by molar-refractivity contribution is -0.140. The van der Waals surface area contributed by atoms with Crippen molar-refractivity contribution in [2.24, 2.45) is 11.3 Å². The van der Waals surface area contributed by atoms with Crippen LogP contribution in [0.3, 0.4) is 0 Å². The molecule has 6 nitrogen and oxygen atoms in total. The fourth-order valence-corrected chi connectivity index (χ4v) is 5.84. The fourth-order valence-electron chi connectivity index (χ4n) is 5.84. The minimum atomic E-state index is -0.545. The van der Waals surface area contributed by atoms with E-state index in [1.807, 2.05) is 36.4 Å². The summed E-state index contributed by atoms with van der Waals surface area (Å²) in [6.45, 7) is 4.88. The van der Waals surface area contributed by atoms with Crippen LogP contribution in [0.25, 0.3) is 0 Å². The van der Waals surface area contributed by atoms with Crippen molar-refractivity contribution in [3.05, 3.63) is 71.8 Å². The highest BCUT2D eigenvalue weighted by Gasteiger charge is 2.49. The first kappa shape index (κ1) is 25.9. The molecule has 0 unspecified atom stereocenters. The van der Waals surface area contributed by atoms with Crippen LogP contribution in [0.5, 0.6) is 0 Å². The molecule has 0 N–H and O–H groups in total. The number of ether oxygens (including phenoxy) is 1. The van der Waals surface area contributed by atoms with Crippen LogP contribution in [0.1, 0.15) is 56.6 Å². The number of likely N-dealkylation sites (tertiary alicyclic amines) is 1. The third-order valence-corrected chi connectivity index (χ3v) is 7.93. The van der Waals surface area contributed by atoms with Gasteiger partial charge in [-0.25, -0.2) is 9.69 Å². The number of imide groups is 1. The highest BCUT2D eigenvalue weighted by Crippen LogP contribution is 2.46. The molecule has 0 radical (unpaired) electrons. The van der Waals surface area contributed by atoms with Gasteiger partial charge < -0.3 is 4.74 Å². The summed E-state index contributed by atoms with van der Waals surface area (Å²) < 4.78 is 5.38. The van der Waals surface area contributed by atoms with Crippen molar-refractivity contribution in [1.82, 2.24) is 9.80 Å². The van der Waals surface area contributed by atoms with E-state index < -0.39 is 11.5 Å². The first-order chi connectivity index (χ1) is 17.6. The highest BCUT2D eigenvalue weighted by molar-refractivity contribution is 5.95. The van der Waals surface area contributed by atoms with Gasteiger partial charge in [0.2, 0.25) is 5.91 Å². The molecule has 2 heterocycles. The summed E-state index contributed by atoms with van der Waals surface area (Å²) in [4.78, 5) is 30.7. The predicted molar refractivity (Wildman–Crippen MR) is 139 cm³/mol. The highest BCUT2D eigenvalue weighted by atomic mass is 16.6. The second kappa shape index (κ2) is 12.2. The fraction of sp³-hybridized carbons (Fsp3) is 0.500. The van der Waals surface area contributed by atoms with E-state index in [4.69, 9.17) is 4.74 Å². The Morgan fingerprint density at radius 1 is 1.08 bits per heavy atom. The Bertz CT molecular complexity index is 1040. The zero-order valence-electron chi connectivity index (χ0n) is 21.3. The molecule has 36 heavy (non-hydrogen) atoms. The van der Waals surface area contributed by atoms with Crippen molar-refractivity contribution in [2.75, 3.05) is 19.7 Å². The largest absolute Gasteiger partial charge is 0.447 e. The molecule has 0 spiro atoms. The molecule has 0 aromatic heterocycles. The Morgan fingerprint density at radius 3 is 2.33 bits per heavy atom. The quantitative estimate of drug-likeness (QED) is 0.437. The summed E-state index contributed by atoms with van der Waals surface area (Å²) in [5.41, 5.74) is 1.92. The Kier molecular flexibility index (Phi) is 8.77. The SMILES string of the molecule is CCCC[C@H](C(=O)N1C(=O)OC[C@H]1Cc1ccccc1)C1(CC#N)CCN(Cc2ccccc2)CC1. The second-order valence-electron chi connectivity index (χ2n) is 10.3. The summed E-state index contributed by atoms with van der Waals surface area (Å²) in [5, 5.41) is 9.82. The number of carbonyl (C=O) groups excluding carboxylic acids is 2. The number of carbonyl (C=O) groups is 2. The van der Waals surface area contributed by atoms with Gasteiger partial charge in [0.05, 0.1) is 12.1 Å². The molecule has 2 aromatic carbocycles. The Balaban J connectivity index is 1.53. The number of nitriles is 1. The molecule has 190 valence electrons. The average Bonchev–Trinajstić information content (AvgIpc) is 3.26. The van der Waals surface area contributed by atoms with E-state index in [-0.39, 0.29) is 24.5 Å². The van der Waals surface area contributed by atoms with Crippen molar-refractivity contribution < 1.29 is 14.3 Å². The zero-order valence-corrected chi connectivity index (χ0v) is 21.3. The normalized spacial score (nSPS) is 20.5. The number of hydrogen-bond donors (Lipinski definition) is 0. The van der Waals surface area contributed by atoms with Gasteiger partial charge in [0, 0.05) is 18.9 Å². The van der Waals surface area contributed by atoms with Crippen LogP contribution in [0.4, 0.5) is 4.79 Å². The molecular formula is C30H37N3O3. The first-order valence-corrected chi connectivity index (χ1v) is 13.2. The van der Waals surface area contributed by atoms with E-state index in [1.54, 1.807) is 0 Å². The van der Waals surface area contributed by atoms with Gasteiger partial charge in [0.25, 0.3) is 0 Å². The lowest BCUT2D eigenvalue weighted by Gasteiger charge is -2.46. The standard InChI is InChI=1S/C30H37N3O3/c1-2-3-14-27(28(34)33-26(23-36-29(33)35)21-24-10-6-4-7-11-24)30(15-18-31)16-19-32(20-17-30)22-25-12-8-5-9-13-25/h4-13,26-27H,2-3,14-17,19-23H2,1H3/t26-,27-/m1/s1. The second-order valence-corrected chi connectivity index (χ2v) is 10.3. The number of piperidine rings is 1. The summed E-state index contributed by atoms with van der Waals surface area (Å²) in [5.74, 6) is -0.515. The lowest BCUT2D eigenvalue weighted by atomic mass is 9.64. The zero-order chi connectivity index (χ0) is 25.4. The topological polar surface area (TPSA) is 73.6 Å². The van der Waals surface area contributed by atoms with Crippen LogP contribution in [-0.2, 0) is 22.5 Å². The van der Waals surface area contributed by atoms with Crippen LogP contribution in [-0.4, -0.2) is 47.5 Å². The van der Waals surface area contributed by atoms with Crippen molar-refractivity contribution in [1.29, 1.82) is 5.26 Å². The van der Waals surface area contributed by atoms with Crippen molar-refractivity contribution in [3.63, 3.8) is 0 Å². The van der Waals surface area contributed by atoms with E-state index >= 15 is 0 Å². The van der Waals surface area contributed by atoms with Gasteiger partial charge in [-0.2, -0.15) is 5.26 Å². The number of benzene rings is 2. The van der Waals surface area contributed by atoms with Crippen molar-refractivity contribution in [3.8, 4) is 6.07 Å². The smallest absolute Gasteiger partial charge is 0.416 e. The summed E-state index contributed by atoms with van der Waals surface area (Å²) in [6, 6.07) is 22.4. The van der Waals surface area contributed by atoms with Gasteiger partial charge in [0.1, 0.15) is 6.61 Å². The number of amides is 2. The van der Waals surface area contributed by atoms with Crippen LogP contribution in [0.15, 0.2) is 60.7 Å². The number of unbranched alkanes of at least 4 members (excludes halogenated alkanes) is 1. The monoisotopic (exact) mass is 487 g/mol. The summed E-state index contributed by atoms with van der Waals surface area (Å²) in [7, 11) is 0. The van der Waals surface area contributed by atoms with Crippen LogP contribution in [0.2, 0.25) is 0 Å². The first-order valence-electron chi connectivity index (χ1n) is 13.2. The minimum absolute atomic E-state index is 0.154. The van der Waals surface area contributed by atoms with Gasteiger partial charge in [-0.1, -0.05) is 80.4 Å². The number of nitrogens with zero attached hydrogens (tertiary/aromatic N) is 3. The molecule has 0 aliphatic carbocycles. The molecule has 2 atom stereocenters. The molecule has 6 heteroatoms. The van der Waals surface area contributed by atoms with Crippen molar-refractivity contribution >= 4 is 12.0 Å². The third-order valence-electron chi connectivity index (χ3n) is 7.93. The Morgan fingerprint density at radius 2 is 1.72 bits per heavy atom. The Hall–Kier alpha value is -3.17.